The van der Waals surface area contributed by atoms with Crippen molar-refractivity contribution >= 4 is 6.09 Å². The van der Waals surface area contributed by atoms with Gasteiger partial charge in [-0.15, -0.1) is 0 Å². The number of pyridine rings is 1. The largest absolute Gasteiger partial charge is 0.444 e. The van der Waals surface area contributed by atoms with E-state index in [1.54, 1.807) is 27.7 Å². The Labute approximate surface area is 129 Å². The second kappa shape index (κ2) is 7.51. The molecule has 0 saturated carbocycles. The Morgan fingerprint density at radius 1 is 1.45 bits per heavy atom. The van der Waals surface area contributed by atoms with E-state index in [9.17, 15) is 19.4 Å². The summed E-state index contributed by atoms with van der Waals surface area (Å²) in [6.07, 6.45) is -1.87. The molecule has 2 unspecified atom stereocenters. The number of carbonyl (C=O) groups excluding carboxylic acids is 1. The topological polar surface area (TPSA) is 91.7 Å². The van der Waals surface area contributed by atoms with Crippen LogP contribution >= 0.6 is 0 Å². The minimum Gasteiger partial charge on any atom is -0.444 e. The molecule has 0 aromatic carbocycles. The van der Waals surface area contributed by atoms with Gasteiger partial charge in [0.25, 0.3) is 0 Å². The number of hydrogen-bond acceptors (Lipinski definition) is 5. The third-order valence-electron chi connectivity index (χ3n) is 2.79. The fourth-order valence-electron chi connectivity index (χ4n) is 1.78. The standard InChI is InChI=1S/C15H23FN2O4/c1-9-7-10(13(16)18-8-9)12(20)11(19)5-6-17-14(21)22-15(2,3)4/h7-8,11-12,19-20H,5-6H2,1-4H3,(H,17,21). The molecule has 1 rings (SSSR count). The monoisotopic (exact) mass is 314 g/mol. The van der Waals surface area contributed by atoms with Gasteiger partial charge in [0.2, 0.25) is 5.95 Å². The van der Waals surface area contributed by atoms with E-state index in [0.29, 0.717) is 5.56 Å². The van der Waals surface area contributed by atoms with E-state index in [0.717, 1.165) is 0 Å². The van der Waals surface area contributed by atoms with Crippen molar-refractivity contribution in [1.29, 1.82) is 0 Å². The van der Waals surface area contributed by atoms with E-state index in [1.165, 1.54) is 12.3 Å². The molecular formula is C15H23FN2O4. The second-order valence-electron chi connectivity index (χ2n) is 6.12. The number of nitrogens with one attached hydrogen (secondary N) is 1. The molecule has 1 heterocycles. The maximum Gasteiger partial charge on any atom is 0.407 e. The van der Waals surface area contributed by atoms with E-state index in [-0.39, 0.29) is 18.5 Å². The lowest BCUT2D eigenvalue weighted by Gasteiger charge is -2.21. The lowest BCUT2D eigenvalue weighted by atomic mass is 10.0. The molecule has 0 fully saturated rings. The van der Waals surface area contributed by atoms with E-state index in [2.05, 4.69) is 10.3 Å². The Kier molecular flexibility index (Phi) is 6.25. The number of aliphatic hydroxyl groups excluding tert-OH is 2. The smallest absolute Gasteiger partial charge is 0.407 e. The molecule has 0 saturated heterocycles. The Balaban J connectivity index is 2.50. The number of halogens is 1. The normalized spacial score (nSPS) is 14.3. The molecular weight excluding hydrogens is 291 g/mol. The van der Waals surface area contributed by atoms with Crippen molar-refractivity contribution in [3.8, 4) is 0 Å². The van der Waals surface area contributed by atoms with Crippen molar-refractivity contribution in [2.24, 2.45) is 0 Å². The molecule has 0 spiro atoms. The first-order valence-electron chi connectivity index (χ1n) is 7.05. The summed E-state index contributed by atoms with van der Waals surface area (Å²) in [5.41, 5.74) is -0.00206. The molecule has 0 radical (unpaired) electrons. The van der Waals surface area contributed by atoms with Crippen LogP contribution in [0.3, 0.4) is 0 Å². The van der Waals surface area contributed by atoms with Crippen LogP contribution < -0.4 is 5.32 Å². The Morgan fingerprint density at radius 3 is 2.68 bits per heavy atom. The van der Waals surface area contributed by atoms with E-state index < -0.39 is 29.8 Å². The lowest BCUT2D eigenvalue weighted by Crippen LogP contribution is -2.34. The molecule has 0 bridgehead atoms. The van der Waals surface area contributed by atoms with Crippen LogP contribution in [0.1, 0.15) is 44.4 Å². The van der Waals surface area contributed by atoms with E-state index >= 15 is 0 Å². The van der Waals surface area contributed by atoms with Crippen molar-refractivity contribution in [1.82, 2.24) is 10.3 Å². The van der Waals surface area contributed by atoms with Crippen molar-refractivity contribution in [2.75, 3.05) is 6.54 Å². The van der Waals surface area contributed by atoms with Crippen LogP contribution in [0.25, 0.3) is 0 Å². The molecule has 2 atom stereocenters. The molecule has 0 aliphatic heterocycles. The third-order valence-corrected chi connectivity index (χ3v) is 2.79. The molecule has 6 nitrogen and oxygen atoms in total. The number of nitrogens with zero attached hydrogens (tertiary/aromatic N) is 1. The van der Waals surface area contributed by atoms with Crippen molar-refractivity contribution in [3.63, 3.8) is 0 Å². The van der Waals surface area contributed by atoms with Gasteiger partial charge in [0.15, 0.2) is 0 Å². The summed E-state index contributed by atoms with van der Waals surface area (Å²) in [7, 11) is 0. The fraction of sp³-hybridized carbons (Fsp3) is 0.600. The van der Waals surface area contributed by atoms with Crippen molar-refractivity contribution < 1.29 is 24.1 Å². The SMILES string of the molecule is Cc1cnc(F)c(C(O)C(O)CCNC(=O)OC(C)(C)C)c1. The van der Waals surface area contributed by atoms with Crippen LogP contribution in [0.2, 0.25) is 0 Å². The maximum atomic E-state index is 13.5. The fourth-order valence-corrected chi connectivity index (χ4v) is 1.78. The molecule has 124 valence electrons. The van der Waals surface area contributed by atoms with Crippen LogP contribution in [-0.2, 0) is 4.74 Å². The zero-order valence-corrected chi connectivity index (χ0v) is 13.3. The minimum atomic E-state index is -1.41. The summed E-state index contributed by atoms with van der Waals surface area (Å²) in [5, 5.41) is 22.3. The second-order valence-corrected chi connectivity index (χ2v) is 6.12. The Bertz CT molecular complexity index is 517. The van der Waals surface area contributed by atoms with Crippen LogP contribution in [0.5, 0.6) is 0 Å². The molecule has 3 N–H and O–H groups in total. The predicted molar refractivity (Wildman–Crippen MR) is 78.8 cm³/mol. The molecule has 1 amide bonds. The quantitative estimate of drug-likeness (QED) is 0.721. The zero-order valence-electron chi connectivity index (χ0n) is 13.3. The maximum absolute atomic E-state index is 13.5. The number of alkyl carbamates (subject to hydrolysis) is 1. The molecule has 1 aromatic rings. The average molecular weight is 314 g/mol. The van der Waals surface area contributed by atoms with Crippen molar-refractivity contribution in [2.45, 2.75) is 51.9 Å². The van der Waals surface area contributed by atoms with Crippen LogP contribution in [-0.4, -0.2) is 39.5 Å². The predicted octanol–water partition coefficient (Wildman–Crippen LogP) is 1.84. The lowest BCUT2D eigenvalue weighted by molar-refractivity contribution is 0.00991. The number of rotatable bonds is 5. The molecule has 1 aromatic heterocycles. The van der Waals surface area contributed by atoms with Gasteiger partial charge in [0, 0.05) is 18.3 Å². The minimum absolute atomic E-state index is 0.0494. The highest BCUT2D eigenvalue weighted by atomic mass is 19.1. The molecule has 7 heteroatoms. The number of aliphatic hydroxyl groups is 2. The third kappa shape index (κ3) is 5.95. The summed E-state index contributed by atoms with van der Waals surface area (Å²) in [6, 6.07) is 1.43. The Morgan fingerprint density at radius 2 is 2.09 bits per heavy atom. The van der Waals surface area contributed by atoms with Gasteiger partial charge < -0.3 is 20.3 Å². The summed E-state index contributed by atoms with van der Waals surface area (Å²) in [6.45, 7) is 7.00. The number of aromatic nitrogens is 1. The molecule has 22 heavy (non-hydrogen) atoms. The molecule has 0 aliphatic rings. The highest BCUT2D eigenvalue weighted by Gasteiger charge is 2.23. The average Bonchev–Trinajstić information content (AvgIpc) is 2.38. The first-order chi connectivity index (χ1) is 10.1. The Hall–Kier alpha value is -1.73. The van der Waals surface area contributed by atoms with Crippen LogP contribution in [0.4, 0.5) is 9.18 Å². The van der Waals surface area contributed by atoms with E-state index in [4.69, 9.17) is 4.74 Å². The van der Waals surface area contributed by atoms with Crippen LogP contribution in [0, 0.1) is 12.9 Å². The zero-order chi connectivity index (χ0) is 16.9. The van der Waals surface area contributed by atoms with Gasteiger partial charge in [-0.3, -0.25) is 0 Å². The van der Waals surface area contributed by atoms with Gasteiger partial charge in [0.1, 0.15) is 11.7 Å². The van der Waals surface area contributed by atoms with Gasteiger partial charge in [-0.05, 0) is 45.7 Å². The summed E-state index contributed by atoms with van der Waals surface area (Å²) in [4.78, 5) is 14.9. The number of hydrogen-bond donors (Lipinski definition) is 3. The number of ether oxygens (including phenoxy) is 1. The van der Waals surface area contributed by atoms with Gasteiger partial charge in [-0.25, -0.2) is 9.78 Å². The van der Waals surface area contributed by atoms with Crippen LogP contribution in [0.15, 0.2) is 12.3 Å². The highest BCUT2D eigenvalue weighted by Crippen LogP contribution is 2.21. The summed E-state index contributed by atoms with van der Waals surface area (Å²) >= 11 is 0. The number of aryl methyl sites for hydroxylation is 1. The first kappa shape index (κ1) is 18.3. The summed E-state index contributed by atoms with van der Waals surface area (Å²) in [5.74, 6) is -0.822. The van der Waals surface area contributed by atoms with Gasteiger partial charge in [0.05, 0.1) is 6.10 Å². The molecule has 0 aliphatic carbocycles. The van der Waals surface area contributed by atoms with Gasteiger partial charge in [-0.2, -0.15) is 4.39 Å². The van der Waals surface area contributed by atoms with Gasteiger partial charge in [-0.1, -0.05) is 0 Å². The van der Waals surface area contributed by atoms with E-state index in [1.807, 2.05) is 0 Å². The highest BCUT2D eigenvalue weighted by molar-refractivity contribution is 5.67. The van der Waals surface area contributed by atoms with Crippen molar-refractivity contribution in [3.05, 3.63) is 29.3 Å². The summed E-state index contributed by atoms with van der Waals surface area (Å²) < 4.78 is 18.6. The van der Waals surface area contributed by atoms with Gasteiger partial charge >= 0.3 is 6.09 Å². The number of carbonyl (C=O) groups is 1. The number of amides is 1. The first-order valence-corrected chi connectivity index (χ1v) is 7.05.